The van der Waals surface area contributed by atoms with E-state index in [9.17, 15) is 30.4 Å². The Hall–Kier alpha value is -2.69. The van der Waals surface area contributed by atoms with Crippen molar-refractivity contribution in [3.05, 3.63) is 93.8 Å². The summed E-state index contributed by atoms with van der Waals surface area (Å²) in [6, 6.07) is 11.4. The number of hydrogen-bond acceptors (Lipinski definition) is 3. The molecule has 0 saturated heterocycles. The summed E-state index contributed by atoms with van der Waals surface area (Å²) in [5.74, 6) is -10.4. The number of hydrogen-bond donors (Lipinski definition) is 1. The molecular weight excluding hydrogens is 463 g/mol. The van der Waals surface area contributed by atoms with Crippen LogP contribution in [0.4, 0.5) is 27.6 Å². The number of nitrogens with zero attached hydrogens (tertiary/aromatic N) is 1. The topological polar surface area (TPSA) is 63.4 Å². The Morgan fingerprint density at radius 1 is 0.806 bits per heavy atom. The Morgan fingerprint density at radius 2 is 1.35 bits per heavy atom. The Morgan fingerprint density at radius 3 is 1.90 bits per heavy atom. The highest BCUT2D eigenvalue weighted by Gasteiger charge is 2.27. The van der Waals surface area contributed by atoms with Gasteiger partial charge in [-0.1, -0.05) is 29.8 Å². The first kappa shape index (κ1) is 23.0. The lowest BCUT2D eigenvalue weighted by Gasteiger charge is -2.26. The van der Waals surface area contributed by atoms with Gasteiger partial charge in [-0.05, 0) is 35.9 Å². The van der Waals surface area contributed by atoms with E-state index in [1.165, 1.54) is 23.1 Å². The molecule has 2 N–H and O–H groups in total. The zero-order valence-electron chi connectivity index (χ0n) is 15.6. The average Bonchev–Trinajstić information content (AvgIpc) is 2.74. The Labute approximate surface area is 179 Å². The maximum Gasteiger partial charge on any atom is 0.238 e. The molecule has 0 saturated carbocycles. The summed E-state index contributed by atoms with van der Waals surface area (Å²) >= 11 is 5.84. The van der Waals surface area contributed by atoms with Crippen molar-refractivity contribution in [2.24, 2.45) is 5.14 Å². The van der Waals surface area contributed by atoms with Gasteiger partial charge in [0.2, 0.25) is 15.8 Å². The molecule has 164 valence electrons. The van der Waals surface area contributed by atoms with Crippen molar-refractivity contribution in [1.82, 2.24) is 0 Å². The second-order valence-electron chi connectivity index (χ2n) is 6.57. The molecule has 0 radical (unpaired) electrons. The first-order valence-electron chi connectivity index (χ1n) is 8.61. The second kappa shape index (κ2) is 8.81. The lowest BCUT2D eigenvalue weighted by atomic mass is 10.1. The van der Waals surface area contributed by atoms with E-state index >= 15 is 0 Å². The van der Waals surface area contributed by atoms with Crippen LogP contribution in [0.5, 0.6) is 0 Å². The van der Waals surface area contributed by atoms with E-state index in [4.69, 9.17) is 16.7 Å². The molecule has 0 amide bonds. The van der Waals surface area contributed by atoms with Crippen molar-refractivity contribution >= 4 is 27.3 Å². The summed E-state index contributed by atoms with van der Waals surface area (Å²) < 4.78 is 92.6. The molecule has 3 rings (SSSR count). The third-order valence-electron chi connectivity index (χ3n) is 4.45. The van der Waals surface area contributed by atoms with Gasteiger partial charge in [-0.2, -0.15) is 0 Å². The molecule has 0 atom stereocenters. The van der Waals surface area contributed by atoms with Gasteiger partial charge < -0.3 is 4.90 Å². The molecule has 31 heavy (non-hydrogen) atoms. The lowest BCUT2D eigenvalue weighted by molar-refractivity contribution is 0.369. The molecule has 3 aromatic carbocycles. The van der Waals surface area contributed by atoms with E-state index in [1.807, 2.05) is 0 Å². The van der Waals surface area contributed by atoms with Gasteiger partial charge in [0.05, 0.1) is 4.90 Å². The zero-order chi connectivity index (χ0) is 22.9. The van der Waals surface area contributed by atoms with E-state index in [0.29, 0.717) is 10.6 Å². The summed E-state index contributed by atoms with van der Waals surface area (Å²) in [5.41, 5.74) is -0.355. The minimum atomic E-state index is -4.11. The standard InChI is InChI=1S/C20H14ClF5N2O2S/c21-12-6-4-11(5-7-12)9-28(13-2-1-3-14(8-13)31(27,29)30)10-15-16(22)18(24)20(26)19(25)17(15)23/h1-8H,9-10H2,(H2,27,29,30). The molecule has 0 aliphatic carbocycles. The number of halogens is 6. The zero-order valence-corrected chi connectivity index (χ0v) is 17.1. The molecule has 11 heteroatoms. The highest BCUT2D eigenvalue weighted by molar-refractivity contribution is 7.89. The number of nitrogens with two attached hydrogens (primary N) is 1. The number of anilines is 1. The monoisotopic (exact) mass is 476 g/mol. The smallest absolute Gasteiger partial charge is 0.238 e. The van der Waals surface area contributed by atoms with Crippen LogP contribution in [0.1, 0.15) is 11.1 Å². The van der Waals surface area contributed by atoms with Crippen molar-refractivity contribution in [1.29, 1.82) is 0 Å². The predicted molar refractivity (Wildman–Crippen MR) is 105 cm³/mol. The molecular formula is C20H14ClF5N2O2S. The maximum atomic E-state index is 14.3. The van der Waals surface area contributed by atoms with Gasteiger partial charge in [0.15, 0.2) is 23.3 Å². The van der Waals surface area contributed by atoms with E-state index in [0.717, 1.165) is 6.07 Å². The van der Waals surface area contributed by atoms with Gasteiger partial charge in [-0.25, -0.2) is 35.5 Å². The summed E-state index contributed by atoms with van der Waals surface area (Å²) in [7, 11) is -4.11. The number of benzene rings is 3. The quantitative estimate of drug-likeness (QED) is 0.313. The predicted octanol–water partition coefficient (Wildman–Crippen LogP) is 4.89. The average molecular weight is 477 g/mol. The van der Waals surface area contributed by atoms with Crippen LogP contribution in [-0.4, -0.2) is 8.42 Å². The number of sulfonamides is 1. The van der Waals surface area contributed by atoms with Gasteiger partial charge in [0.1, 0.15) is 0 Å². The molecule has 0 aromatic heterocycles. The molecule has 0 aliphatic heterocycles. The molecule has 0 fully saturated rings. The van der Waals surface area contributed by atoms with Crippen LogP contribution in [0.3, 0.4) is 0 Å². The molecule has 0 spiro atoms. The fraction of sp³-hybridized carbons (Fsp3) is 0.100. The van der Waals surface area contributed by atoms with E-state index in [2.05, 4.69) is 0 Å². The summed E-state index contributed by atoms with van der Waals surface area (Å²) in [6.45, 7) is -0.812. The highest BCUT2D eigenvalue weighted by atomic mass is 35.5. The van der Waals surface area contributed by atoms with Crippen LogP contribution in [0.2, 0.25) is 5.02 Å². The SMILES string of the molecule is NS(=O)(=O)c1cccc(N(Cc2ccc(Cl)cc2)Cc2c(F)c(F)c(F)c(F)c2F)c1. The van der Waals surface area contributed by atoms with Gasteiger partial charge in [0, 0.05) is 29.4 Å². The van der Waals surface area contributed by atoms with Crippen molar-refractivity contribution in [2.75, 3.05) is 4.90 Å². The van der Waals surface area contributed by atoms with Crippen molar-refractivity contribution in [3.8, 4) is 0 Å². The molecule has 3 aromatic rings. The molecule has 0 heterocycles. The van der Waals surface area contributed by atoms with E-state index in [-0.39, 0.29) is 17.1 Å². The molecule has 4 nitrogen and oxygen atoms in total. The minimum absolute atomic E-state index is 0.0647. The highest BCUT2D eigenvalue weighted by Crippen LogP contribution is 2.28. The third kappa shape index (κ3) is 4.97. The lowest BCUT2D eigenvalue weighted by Crippen LogP contribution is -2.25. The minimum Gasteiger partial charge on any atom is -0.363 e. The van der Waals surface area contributed by atoms with Gasteiger partial charge in [-0.15, -0.1) is 0 Å². The molecule has 0 bridgehead atoms. The Balaban J connectivity index is 2.11. The number of primary sulfonamides is 1. The summed E-state index contributed by atoms with van der Waals surface area (Å²) in [4.78, 5) is 0.958. The fourth-order valence-corrected chi connectivity index (χ4v) is 3.57. The van der Waals surface area contributed by atoms with Gasteiger partial charge in [0.25, 0.3) is 0 Å². The van der Waals surface area contributed by atoms with Crippen molar-refractivity contribution in [3.63, 3.8) is 0 Å². The molecule has 0 unspecified atom stereocenters. The second-order valence-corrected chi connectivity index (χ2v) is 8.57. The molecule has 0 aliphatic rings. The normalized spacial score (nSPS) is 11.6. The van der Waals surface area contributed by atoms with Crippen LogP contribution in [0.15, 0.2) is 53.4 Å². The fourth-order valence-electron chi connectivity index (χ4n) is 2.89. The summed E-state index contributed by atoms with van der Waals surface area (Å²) in [5, 5.41) is 5.55. The van der Waals surface area contributed by atoms with Crippen LogP contribution in [-0.2, 0) is 23.1 Å². The van der Waals surface area contributed by atoms with Gasteiger partial charge in [-0.3, -0.25) is 0 Å². The largest absolute Gasteiger partial charge is 0.363 e. The Bertz CT molecular complexity index is 1210. The third-order valence-corrected chi connectivity index (χ3v) is 5.61. The van der Waals surface area contributed by atoms with Crippen LogP contribution >= 0.6 is 11.6 Å². The Kier molecular flexibility index (Phi) is 6.54. The van der Waals surface area contributed by atoms with Crippen molar-refractivity contribution < 1.29 is 30.4 Å². The van der Waals surface area contributed by atoms with Crippen LogP contribution in [0.25, 0.3) is 0 Å². The van der Waals surface area contributed by atoms with Crippen LogP contribution < -0.4 is 10.0 Å². The maximum absolute atomic E-state index is 14.3. The van der Waals surface area contributed by atoms with Crippen LogP contribution in [0, 0.1) is 29.1 Å². The van der Waals surface area contributed by atoms with E-state index in [1.54, 1.807) is 24.3 Å². The first-order chi connectivity index (χ1) is 14.5. The van der Waals surface area contributed by atoms with Crippen molar-refractivity contribution in [2.45, 2.75) is 18.0 Å². The number of rotatable bonds is 6. The summed E-state index contributed by atoms with van der Waals surface area (Å²) in [6.07, 6.45) is 0. The van der Waals surface area contributed by atoms with E-state index < -0.39 is 51.2 Å². The first-order valence-corrected chi connectivity index (χ1v) is 10.5. The van der Waals surface area contributed by atoms with Gasteiger partial charge >= 0.3 is 0 Å².